The fourth-order valence-corrected chi connectivity index (χ4v) is 2.97. The molecule has 3 aromatic rings. The van der Waals surface area contributed by atoms with Gasteiger partial charge >= 0.3 is 5.97 Å². The highest BCUT2D eigenvalue weighted by molar-refractivity contribution is 6.01. The van der Waals surface area contributed by atoms with Crippen LogP contribution in [0.2, 0.25) is 0 Å². The Hall–Kier alpha value is -3.85. The van der Waals surface area contributed by atoms with Gasteiger partial charge in [0.05, 0.1) is 11.8 Å². The van der Waals surface area contributed by atoms with Crippen molar-refractivity contribution in [3.8, 4) is 0 Å². The molecule has 0 fully saturated rings. The van der Waals surface area contributed by atoms with Crippen LogP contribution >= 0.6 is 0 Å². The number of methoxy groups -OCH3 is 1. The minimum absolute atomic E-state index is 0.0637. The van der Waals surface area contributed by atoms with E-state index < -0.39 is 46.7 Å². The molecule has 34 heavy (non-hydrogen) atoms. The van der Waals surface area contributed by atoms with Crippen LogP contribution in [0.4, 0.5) is 22.0 Å². The summed E-state index contributed by atoms with van der Waals surface area (Å²) in [4.78, 5) is 16.8. The highest BCUT2D eigenvalue weighted by Crippen LogP contribution is 2.24. The van der Waals surface area contributed by atoms with E-state index in [1.807, 2.05) is 30.3 Å². The molecule has 0 radical (unpaired) electrons. The lowest BCUT2D eigenvalue weighted by Crippen LogP contribution is -2.17. The van der Waals surface area contributed by atoms with E-state index in [-0.39, 0.29) is 12.1 Å². The van der Waals surface area contributed by atoms with Gasteiger partial charge in [0.25, 0.3) is 0 Å². The monoisotopic (exact) mass is 475 g/mol. The van der Waals surface area contributed by atoms with Crippen molar-refractivity contribution < 1.29 is 36.3 Å². The van der Waals surface area contributed by atoms with E-state index in [0.29, 0.717) is 5.56 Å². The maximum absolute atomic E-state index is 13.9. The van der Waals surface area contributed by atoms with Gasteiger partial charge in [0, 0.05) is 13.5 Å². The van der Waals surface area contributed by atoms with Crippen molar-refractivity contribution in [2.75, 3.05) is 7.11 Å². The van der Waals surface area contributed by atoms with Gasteiger partial charge < -0.3 is 9.57 Å². The van der Waals surface area contributed by atoms with Gasteiger partial charge in [0.15, 0.2) is 23.3 Å². The molecule has 0 aliphatic rings. The topological polar surface area (TPSA) is 47.9 Å². The number of rotatable bonds is 8. The van der Waals surface area contributed by atoms with Crippen LogP contribution in [0.3, 0.4) is 0 Å². The van der Waals surface area contributed by atoms with Crippen LogP contribution in [0.1, 0.15) is 27.9 Å². The molecule has 1 unspecified atom stereocenters. The molecule has 0 N–H and O–H groups in total. The second kappa shape index (κ2) is 11.3. The van der Waals surface area contributed by atoms with E-state index >= 15 is 0 Å². The third-order valence-electron chi connectivity index (χ3n) is 4.76. The molecule has 0 saturated heterocycles. The summed E-state index contributed by atoms with van der Waals surface area (Å²) in [6, 6.07) is 17.7. The van der Waals surface area contributed by atoms with Crippen molar-refractivity contribution in [1.29, 1.82) is 0 Å². The first-order valence-electron chi connectivity index (χ1n) is 9.94. The molecule has 0 aliphatic carbocycles. The van der Waals surface area contributed by atoms with Gasteiger partial charge in [-0.05, 0) is 11.1 Å². The fraction of sp³-hybridized carbons (Fsp3) is 0.120. The number of nitrogens with zero attached hydrogens (tertiary/aromatic N) is 1. The van der Waals surface area contributed by atoms with Gasteiger partial charge in [-0.25, -0.2) is 26.7 Å². The molecule has 0 heterocycles. The Kier molecular flexibility index (Phi) is 8.26. The molecule has 0 spiro atoms. The third-order valence-corrected chi connectivity index (χ3v) is 4.76. The standard InChI is InChI=1S/C25H18F5NO3/c1-33-17(13-12-15-8-4-2-5-9-15)14-18(16-10-6-3-7-11-16)31-34-25(32)19-20(26)22(28)24(30)23(29)21(19)27/h2-13,17H,14H2,1H3/b13-12+,31-18+. The number of hydrogen-bond donors (Lipinski definition) is 0. The molecule has 0 bridgehead atoms. The molecule has 3 aromatic carbocycles. The number of benzene rings is 3. The second-order valence-corrected chi connectivity index (χ2v) is 6.98. The number of ether oxygens (including phenoxy) is 1. The lowest BCUT2D eigenvalue weighted by atomic mass is 10.0. The first-order valence-corrected chi connectivity index (χ1v) is 9.94. The Bertz CT molecular complexity index is 1190. The van der Waals surface area contributed by atoms with Crippen molar-refractivity contribution in [2.24, 2.45) is 5.16 Å². The average Bonchev–Trinajstić information content (AvgIpc) is 2.87. The summed E-state index contributed by atoms with van der Waals surface area (Å²) in [6.07, 6.45) is 3.05. The van der Waals surface area contributed by atoms with E-state index in [4.69, 9.17) is 4.74 Å². The van der Waals surface area contributed by atoms with Gasteiger partial charge in [-0.1, -0.05) is 78.0 Å². The molecule has 0 amide bonds. The Morgan fingerprint density at radius 3 is 1.94 bits per heavy atom. The van der Waals surface area contributed by atoms with Crippen LogP contribution in [0.15, 0.2) is 71.9 Å². The molecule has 4 nitrogen and oxygen atoms in total. The molecule has 176 valence electrons. The largest absolute Gasteiger partial charge is 0.377 e. The lowest BCUT2D eigenvalue weighted by molar-refractivity contribution is 0.0498. The number of oxime groups is 1. The SMILES string of the molecule is COC(/C=C/c1ccccc1)C/C(=N\OC(=O)c1c(F)c(F)c(F)c(F)c1F)c1ccccc1. The van der Waals surface area contributed by atoms with Gasteiger partial charge in [0.2, 0.25) is 5.82 Å². The maximum atomic E-state index is 13.9. The summed E-state index contributed by atoms with van der Waals surface area (Å²) in [7, 11) is 1.45. The Morgan fingerprint density at radius 1 is 0.853 bits per heavy atom. The normalized spacial score (nSPS) is 12.7. The smallest absolute Gasteiger partial charge is 0.371 e. The molecular formula is C25H18F5NO3. The van der Waals surface area contributed by atoms with Gasteiger partial charge in [0.1, 0.15) is 5.56 Å². The second-order valence-electron chi connectivity index (χ2n) is 6.98. The van der Waals surface area contributed by atoms with Crippen LogP contribution in [0.5, 0.6) is 0 Å². The first-order chi connectivity index (χ1) is 16.3. The van der Waals surface area contributed by atoms with Crippen LogP contribution in [0.25, 0.3) is 6.08 Å². The van der Waals surface area contributed by atoms with E-state index in [2.05, 4.69) is 9.99 Å². The van der Waals surface area contributed by atoms with Crippen LogP contribution in [-0.4, -0.2) is 24.9 Å². The maximum Gasteiger partial charge on any atom is 0.371 e. The summed E-state index contributed by atoms with van der Waals surface area (Å²) < 4.78 is 73.4. The van der Waals surface area contributed by atoms with Crippen LogP contribution in [-0.2, 0) is 9.57 Å². The van der Waals surface area contributed by atoms with Crippen LogP contribution in [0, 0.1) is 29.1 Å². The number of carbonyl (C=O) groups excluding carboxylic acids is 1. The van der Waals surface area contributed by atoms with E-state index in [9.17, 15) is 26.7 Å². The molecule has 0 aliphatic heterocycles. The van der Waals surface area contributed by atoms with Crippen molar-refractivity contribution in [3.63, 3.8) is 0 Å². The summed E-state index contributed by atoms with van der Waals surface area (Å²) in [5, 5.41) is 3.66. The predicted molar refractivity (Wildman–Crippen MR) is 116 cm³/mol. The molecular weight excluding hydrogens is 457 g/mol. The summed E-state index contributed by atoms with van der Waals surface area (Å²) in [6.45, 7) is 0. The predicted octanol–water partition coefficient (Wildman–Crippen LogP) is 6.06. The Labute approximate surface area is 191 Å². The molecule has 1 atom stereocenters. The molecule has 0 aromatic heterocycles. The minimum Gasteiger partial charge on any atom is -0.377 e. The molecule has 3 rings (SSSR count). The first kappa shape index (κ1) is 24.8. The van der Waals surface area contributed by atoms with Crippen molar-refractivity contribution in [1.82, 2.24) is 0 Å². The van der Waals surface area contributed by atoms with Crippen LogP contribution < -0.4 is 0 Å². The van der Waals surface area contributed by atoms with E-state index in [1.165, 1.54) is 7.11 Å². The number of halogens is 5. The zero-order chi connectivity index (χ0) is 24.7. The van der Waals surface area contributed by atoms with Crippen molar-refractivity contribution >= 4 is 17.8 Å². The third kappa shape index (κ3) is 5.74. The fourth-order valence-electron chi connectivity index (χ4n) is 2.97. The van der Waals surface area contributed by atoms with E-state index in [1.54, 1.807) is 42.5 Å². The van der Waals surface area contributed by atoms with Crippen molar-refractivity contribution in [3.05, 3.63) is 113 Å². The van der Waals surface area contributed by atoms with Gasteiger partial charge in [-0.3, -0.25) is 0 Å². The Balaban J connectivity index is 1.89. The quantitative estimate of drug-likeness (QED) is 0.0994. The van der Waals surface area contributed by atoms with Gasteiger partial charge in [-0.2, -0.15) is 0 Å². The summed E-state index contributed by atoms with van der Waals surface area (Å²) >= 11 is 0. The highest BCUT2D eigenvalue weighted by atomic mass is 19.2. The average molecular weight is 475 g/mol. The lowest BCUT2D eigenvalue weighted by Gasteiger charge is -2.13. The van der Waals surface area contributed by atoms with Gasteiger partial charge in [-0.15, -0.1) is 0 Å². The van der Waals surface area contributed by atoms with Crippen molar-refractivity contribution in [2.45, 2.75) is 12.5 Å². The van der Waals surface area contributed by atoms with E-state index in [0.717, 1.165) is 5.56 Å². The summed E-state index contributed by atoms with van der Waals surface area (Å²) in [5.41, 5.74) is -0.203. The zero-order valence-corrected chi connectivity index (χ0v) is 17.8. The number of hydrogen-bond acceptors (Lipinski definition) is 4. The molecule has 9 heteroatoms. The summed E-state index contributed by atoms with van der Waals surface area (Å²) in [5.74, 6) is -13.4. The highest BCUT2D eigenvalue weighted by Gasteiger charge is 2.31. The zero-order valence-electron chi connectivity index (χ0n) is 17.8. The number of carbonyl (C=O) groups is 1. The Morgan fingerprint density at radius 2 is 1.38 bits per heavy atom. The minimum atomic E-state index is -2.38. The molecule has 0 saturated carbocycles.